The summed E-state index contributed by atoms with van der Waals surface area (Å²) in [5, 5.41) is 0.549. The van der Waals surface area contributed by atoms with Crippen LogP contribution in [-0.4, -0.2) is 29.7 Å². The Bertz CT molecular complexity index is 1240. The monoisotopic (exact) mass is 527 g/mol. The summed E-state index contributed by atoms with van der Waals surface area (Å²) in [6.45, 7) is 2.63. The number of amides is 1. The van der Waals surface area contributed by atoms with E-state index in [1.807, 2.05) is 30.3 Å². The van der Waals surface area contributed by atoms with Crippen molar-refractivity contribution < 1.29 is 14.3 Å². The molecule has 0 spiro atoms. The summed E-state index contributed by atoms with van der Waals surface area (Å²) in [7, 11) is 1.60. The molecule has 0 aromatic heterocycles. The minimum absolute atomic E-state index is 0.176. The fourth-order valence-electron chi connectivity index (χ4n) is 3.30. The van der Waals surface area contributed by atoms with Crippen molar-refractivity contribution in [2.75, 3.05) is 24.4 Å². The van der Waals surface area contributed by atoms with E-state index in [1.54, 1.807) is 37.1 Å². The standard InChI is InChI=1S/C26H22ClNO3S3/c1-17-6-9-21(10-7-17)33-13-12-31-22-11-8-18(14-23(22)30-2)15-24-25(29)28(26(32)34-24)20-5-3-4-19(27)16-20/h3-11,14-16H,12-13H2,1-2H3/b24-15+. The predicted molar refractivity (Wildman–Crippen MR) is 147 cm³/mol. The van der Waals surface area contributed by atoms with Crippen LogP contribution >= 0.6 is 47.3 Å². The van der Waals surface area contributed by atoms with Gasteiger partial charge in [0.15, 0.2) is 15.8 Å². The lowest BCUT2D eigenvalue weighted by Gasteiger charge is -2.14. The van der Waals surface area contributed by atoms with Crippen LogP contribution in [0.15, 0.2) is 76.5 Å². The average molecular weight is 528 g/mol. The number of anilines is 1. The summed E-state index contributed by atoms with van der Waals surface area (Å²) in [6.07, 6.45) is 1.81. The van der Waals surface area contributed by atoms with E-state index in [2.05, 4.69) is 31.2 Å². The normalized spacial score (nSPS) is 14.7. The molecule has 1 aliphatic rings. The van der Waals surface area contributed by atoms with E-state index in [-0.39, 0.29) is 5.91 Å². The Morgan fingerprint density at radius 2 is 1.88 bits per heavy atom. The van der Waals surface area contributed by atoms with Gasteiger partial charge < -0.3 is 9.47 Å². The molecular formula is C26H22ClNO3S3. The first-order chi connectivity index (χ1) is 16.4. The molecule has 3 aromatic rings. The molecule has 4 nitrogen and oxygen atoms in total. The van der Waals surface area contributed by atoms with Crippen LogP contribution in [-0.2, 0) is 4.79 Å². The van der Waals surface area contributed by atoms with Crippen molar-refractivity contribution in [2.45, 2.75) is 11.8 Å². The Morgan fingerprint density at radius 1 is 1.09 bits per heavy atom. The first kappa shape index (κ1) is 24.7. The molecule has 0 atom stereocenters. The fraction of sp³-hybridized carbons (Fsp3) is 0.154. The minimum Gasteiger partial charge on any atom is -0.493 e. The number of carbonyl (C=O) groups excluding carboxylic acids is 1. The number of methoxy groups -OCH3 is 1. The summed E-state index contributed by atoms with van der Waals surface area (Å²) in [5.41, 5.74) is 2.73. The van der Waals surface area contributed by atoms with Crippen LogP contribution in [0.2, 0.25) is 5.02 Å². The maximum absolute atomic E-state index is 13.0. The van der Waals surface area contributed by atoms with E-state index < -0.39 is 0 Å². The van der Waals surface area contributed by atoms with Gasteiger partial charge in [-0.3, -0.25) is 9.69 Å². The smallest absolute Gasteiger partial charge is 0.270 e. The molecule has 1 heterocycles. The van der Waals surface area contributed by atoms with E-state index in [1.165, 1.54) is 27.1 Å². The fourth-order valence-corrected chi connectivity index (χ4v) is 5.51. The Balaban J connectivity index is 1.42. The van der Waals surface area contributed by atoms with Gasteiger partial charge in [0, 0.05) is 15.7 Å². The molecule has 1 aliphatic heterocycles. The maximum Gasteiger partial charge on any atom is 0.270 e. The largest absolute Gasteiger partial charge is 0.493 e. The first-order valence-electron chi connectivity index (χ1n) is 10.5. The van der Waals surface area contributed by atoms with Gasteiger partial charge >= 0.3 is 0 Å². The van der Waals surface area contributed by atoms with Crippen molar-refractivity contribution in [3.8, 4) is 11.5 Å². The third-order valence-electron chi connectivity index (χ3n) is 4.98. The summed E-state index contributed by atoms with van der Waals surface area (Å²) >= 11 is 14.5. The second kappa shape index (κ2) is 11.3. The van der Waals surface area contributed by atoms with Gasteiger partial charge in [-0.25, -0.2) is 0 Å². The van der Waals surface area contributed by atoms with Crippen molar-refractivity contribution >= 4 is 69.3 Å². The maximum atomic E-state index is 13.0. The lowest BCUT2D eigenvalue weighted by molar-refractivity contribution is -0.113. The third kappa shape index (κ3) is 5.96. The Morgan fingerprint density at radius 3 is 2.62 bits per heavy atom. The van der Waals surface area contributed by atoms with E-state index >= 15 is 0 Å². The number of aryl methyl sites for hydroxylation is 1. The van der Waals surface area contributed by atoms with Crippen molar-refractivity contribution in [1.29, 1.82) is 0 Å². The number of thioether (sulfide) groups is 2. The van der Waals surface area contributed by atoms with Crippen molar-refractivity contribution in [1.82, 2.24) is 0 Å². The summed E-state index contributed by atoms with van der Waals surface area (Å²) < 4.78 is 11.9. The molecule has 1 fully saturated rings. The molecule has 0 N–H and O–H groups in total. The number of nitrogens with zero attached hydrogens (tertiary/aromatic N) is 1. The van der Waals surface area contributed by atoms with Crippen LogP contribution < -0.4 is 14.4 Å². The van der Waals surface area contributed by atoms with Crippen molar-refractivity contribution in [3.05, 3.63) is 87.8 Å². The number of rotatable bonds is 8. The minimum atomic E-state index is -0.176. The number of thiocarbonyl (C=S) groups is 1. The second-order valence-corrected chi connectivity index (χ2v) is 10.7. The number of halogens is 1. The molecule has 174 valence electrons. The number of carbonyl (C=O) groups is 1. The van der Waals surface area contributed by atoms with E-state index in [9.17, 15) is 4.79 Å². The molecule has 34 heavy (non-hydrogen) atoms. The SMILES string of the molecule is COc1cc(/C=C2/SC(=S)N(c3cccc(Cl)c3)C2=O)ccc1OCCSc1ccc(C)cc1. The van der Waals surface area contributed by atoms with E-state index in [0.29, 0.717) is 38.0 Å². The quantitative estimate of drug-likeness (QED) is 0.133. The van der Waals surface area contributed by atoms with Gasteiger partial charge in [-0.2, -0.15) is 0 Å². The highest BCUT2D eigenvalue weighted by Crippen LogP contribution is 2.37. The molecule has 4 rings (SSSR count). The molecule has 0 saturated carbocycles. The number of hydrogen-bond donors (Lipinski definition) is 0. The molecule has 0 bridgehead atoms. The highest BCUT2D eigenvalue weighted by molar-refractivity contribution is 8.27. The molecule has 1 amide bonds. The van der Waals surface area contributed by atoms with Crippen LogP contribution in [0.25, 0.3) is 6.08 Å². The molecular weight excluding hydrogens is 506 g/mol. The number of hydrogen-bond acceptors (Lipinski definition) is 6. The summed E-state index contributed by atoms with van der Waals surface area (Å²) in [6, 6.07) is 21.1. The lowest BCUT2D eigenvalue weighted by atomic mass is 10.2. The van der Waals surface area contributed by atoms with Crippen LogP contribution in [0.5, 0.6) is 11.5 Å². The Kier molecular flexibility index (Phi) is 8.21. The van der Waals surface area contributed by atoms with Gasteiger partial charge in [-0.05, 0) is 61.0 Å². The predicted octanol–water partition coefficient (Wildman–Crippen LogP) is 7.23. The highest BCUT2D eigenvalue weighted by atomic mass is 35.5. The second-order valence-electron chi connectivity index (χ2n) is 7.42. The zero-order valence-corrected chi connectivity index (χ0v) is 21.8. The topological polar surface area (TPSA) is 38.8 Å². The average Bonchev–Trinajstić information content (AvgIpc) is 3.11. The van der Waals surface area contributed by atoms with Crippen LogP contribution in [0.1, 0.15) is 11.1 Å². The molecule has 1 saturated heterocycles. The molecule has 8 heteroatoms. The molecule has 3 aromatic carbocycles. The first-order valence-corrected chi connectivity index (χ1v) is 13.1. The van der Waals surface area contributed by atoms with Gasteiger partial charge in [-0.1, -0.05) is 65.4 Å². The zero-order chi connectivity index (χ0) is 24.1. The summed E-state index contributed by atoms with van der Waals surface area (Å²) in [4.78, 5) is 16.3. The van der Waals surface area contributed by atoms with E-state index in [0.717, 1.165) is 11.3 Å². The van der Waals surface area contributed by atoms with Crippen LogP contribution in [0.3, 0.4) is 0 Å². The van der Waals surface area contributed by atoms with Crippen molar-refractivity contribution in [3.63, 3.8) is 0 Å². The van der Waals surface area contributed by atoms with Gasteiger partial charge in [0.05, 0.1) is 24.3 Å². The van der Waals surface area contributed by atoms with E-state index in [4.69, 9.17) is 33.3 Å². The summed E-state index contributed by atoms with van der Waals surface area (Å²) in [5.74, 6) is 1.92. The number of benzene rings is 3. The molecule has 0 radical (unpaired) electrons. The van der Waals surface area contributed by atoms with Gasteiger partial charge in [-0.15, -0.1) is 11.8 Å². The van der Waals surface area contributed by atoms with Gasteiger partial charge in [0.1, 0.15) is 0 Å². The van der Waals surface area contributed by atoms with Crippen LogP contribution in [0.4, 0.5) is 5.69 Å². The van der Waals surface area contributed by atoms with Gasteiger partial charge in [0.25, 0.3) is 5.91 Å². The van der Waals surface area contributed by atoms with Crippen LogP contribution in [0, 0.1) is 6.92 Å². The Labute approximate surface area is 218 Å². The third-order valence-corrected chi connectivity index (χ3v) is 7.49. The lowest BCUT2D eigenvalue weighted by Crippen LogP contribution is -2.27. The Hall–Kier alpha value is -2.45. The van der Waals surface area contributed by atoms with Gasteiger partial charge in [0.2, 0.25) is 0 Å². The highest BCUT2D eigenvalue weighted by Gasteiger charge is 2.33. The van der Waals surface area contributed by atoms with Crippen molar-refractivity contribution in [2.24, 2.45) is 0 Å². The molecule has 0 aliphatic carbocycles. The molecule has 0 unspecified atom stereocenters. The number of ether oxygens (including phenoxy) is 2. The zero-order valence-electron chi connectivity index (χ0n) is 18.6.